The molecule has 2 aromatic rings. The van der Waals surface area contributed by atoms with Gasteiger partial charge in [-0.25, -0.2) is 14.8 Å². The molecule has 0 bridgehead atoms. The fraction of sp³-hybridized carbons (Fsp3) is 0.294. The summed E-state index contributed by atoms with van der Waals surface area (Å²) in [5, 5.41) is 20.6. The summed E-state index contributed by atoms with van der Waals surface area (Å²) >= 11 is 5.87. The topological polar surface area (TPSA) is 104 Å². The molecular weight excluding hydrogens is 346 g/mol. The van der Waals surface area contributed by atoms with Crippen molar-refractivity contribution in [3.8, 4) is 0 Å². The number of halogens is 1. The molecular formula is C17H16ClN3O4. The van der Waals surface area contributed by atoms with Crippen LogP contribution in [-0.2, 0) is 5.60 Å². The summed E-state index contributed by atoms with van der Waals surface area (Å²) in [5.74, 6) is -1.80. The minimum absolute atomic E-state index is 0.188. The number of hydrogen-bond donors (Lipinski definition) is 2. The molecule has 7 nitrogen and oxygen atoms in total. The lowest BCUT2D eigenvalue weighted by Gasteiger charge is -2.38. The smallest absolute Gasteiger partial charge is 0.356 e. The van der Waals surface area contributed by atoms with E-state index in [4.69, 9.17) is 16.7 Å². The largest absolute Gasteiger partial charge is 0.476 e. The molecule has 1 fully saturated rings. The molecule has 1 aliphatic heterocycles. The van der Waals surface area contributed by atoms with Gasteiger partial charge in [-0.2, -0.15) is 0 Å². The zero-order chi connectivity index (χ0) is 18.0. The van der Waals surface area contributed by atoms with E-state index in [2.05, 4.69) is 9.97 Å². The van der Waals surface area contributed by atoms with Gasteiger partial charge < -0.3 is 15.1 Å². The highest BCUT2D eigenvalue weighted by Gasteiger charge is 2.36. The van der Waals surface area contributed by atoms with E-state index in [1.807, 2.05) is 0 Å². The van der Waals surface area contributed by atoms with Crippen molar-refractivity contribution >= 4 is 23.5 Å². The number of carbonyl (C=O) groups excluding carboxylic acids is 1. The van der Waals surface area contributed by atoms with Gasteiger partial charge in [-0.1, -0.05) is 23.7 Å². The number of aromatic nitrogens is 2. The average molecular weight is 362 g/mol. The molecule has 2 heterocycles. The van der Waals surface area contributed by atoms with E-state index in [0.29, 0.717) is 17.9 Å². The number of rotatable bonds is 3. The van der Waals surface area contributed by atoms with Crippen LogP contribution in [0.4, 0.5) is 0 Å². The third kappa shape index (κ3) is 3.47. The van der Waals surface area contributed by atoms with Gasteiger partial charge in [-0.05, 0) is 30.5 Å². The second-order valence-corrected chi connectivity index (χ2v) is 6.33. The van der Waals surface area contributed by atoms with Crippen molar-refractivity contribution in [1.82, 2.24) is 14.9 Å². The Morgan fingerprint density at radius 2 is 1.60 bits per heavy atom. The number of likely N-dealkylation sites (tertiary alicyclic amines) is 1. The molecule has 0 atom stereocenters. The molecule has 1 saturated heterocycles. The number of nitrogens with zero attached hydrogens (tertiary/aromatic N) is 3. The normalized spacial score (nSPS) is 16.5. The molecule has 1 aromatic carbocycles. The molecule has 1 amide bonds. The fourth-order valence-electron chi connectivity index (χ4n) is 2.93. The van der Waals surface area contributed by atoms with Crippen LogP contribution in [0.2, 0.25) is 5.02 Å². The predicted octanol–water partition coefficient (Wildman–Crippen LogP) is 1.95. The summed E-state index contributed by atoms with van der Waals surface area (Å²) in [6.45, 7) is 0.571. The quantitative estimate of drug-likeness (QED) is 0.866. The summed E-state index contributed by atoms with van der Waals surface area (Å²) in [4.78, 5) is 32.8. The SMILES string of the molecule is O=C(O)c1nccnc1C(=O)N1CCC(O)(c2ccc(Cl)cc2)CC1. The van der Waals surface area contributed by atoms with Crippen LogP contribution in [0.25, 0.3) is 0 Å². The van der Waals surface area contributed by atoms with E-state index in [0.717, 1.165) is 5.56 Å². The van der Waals surface area contributed by atoms with Gasteiger partial charge in [0.1, 0.15) is 0 Å². The Labute approximate surface area is 148 Å². The highest BCUT2D eigenvalue weighted by molar-refractivity contribution is 6.30. The molecule has 0 aliphatic carbocycles. The average Bonchev–Trinajstić information content (AvgIpc) is 2.62. The monoisotopic (exact) mass is 361 g/mol. The first-order valence-electron chi connectivity index (χ1n) is 7.73. The molecule has 8 heteroatoms. The van der Waals surface area contributed by atoms with Crippen LogP contribution >= 0.6 is 11.6 Å². The second-order valence-electron chi connectivity index (χ2n) is 5.89. The summed E-state index contributed by atoms with van der Waals surface area (Å²) in [5.41, 5.74) is -0.855. The van der Waals surface area contributed by atoms with Crippen LogP contribution in [0.15, 0.2) is 36.7 Å². The van der Waals surface area contributed by atoms with E-state index in [9.17, 15) is 14.7 Å². The maximum atomic E-state index is 12.6. The minimum Gasteiger partial charge on any atom is -0.476 e. The lowest BCUT2D eigenvalue weighted by molar-refractivity contribution is -0.0213. The third-order valence-electron chi connectivity index (χ3n) is 4.36. The molecule has 3 rings (SSSR count). The van der Waals surface area contributed by atoms with Crippen molar-refractivity contribution in [2.45, 2.75) is 18.4 Å². The molecule has 0 radical (unpaired) electrons. The zero-order valence-electron chi connectivity index (χ0n) is 13.2. The molecule has 1 aromatic heterocycles. The highest BCUT2D eigenvalue weighted by Crippen LogP contribution is 2.33. The predicted molar refractivity (Wildman–Crippen MR) is 89.5 cm³/mol. The summed E-state index contributed by atoms with van der Waals surface area (Å²) in [6, 6.07) is 6.96. The number of amides is 1. The number of piperidine rings is 1. The molecule has 130 valence electrons. The Morgan fingerprint density at radius 1 is 1.04 bits per heavy atom. The van der Waals surface area contributed by atoms with Crippen molar-refractivity contribution in [1.29, 1.82) is 0 Å². The van der Waals surface area contributed by atoms with Crippen LogP contribution in [0.5, 0.6) is 0 Å². The summed E-state index contributed by atoms with van der Waals surface area (Å²) < 4.78 is 0. The van der Waals surface area contributed by atoms with E-state index in [-0.39, 0.29) is 24.5 Å². The van der Waals surface area contributed by atoms with Crippen LogP contribution in [0.1, 0.15) is 39.4 Å². The van der Waals surface area contributed by atoms with Crippen molar-refractivity contribution in [2.75, 3.05) is 13.1 Å². The van der Waals surface area contributed by atoms with Crippen molar-refractivity contribution in [2.24, 2.45) is 0 Å². The van der Waals surface area contributed by atoms with Crippen molar-refractivity contribution < 1.29 is 19.8 Å². The molecule has 2 N–H and O–H groups in total. The van der Waals surface area contributed by atoms with Gasteiger partial charge in [0, 0.05) is 30.5 Å². The number of carboxylic acid groups (broad SMARTS) is 1. The highest BCUT2D eigenvalue weighted by atomic mass is 35.5. The Hall–Kier alpha value is -2.51. The number of benzene rings is 1. The molecule has 0 saturated carbocycles. The second kappa shape index (κ2) is 6.78. The number of carboxylic acids is 1. The van der Waals surface area contributed by atoms with Gasteiger partial charge in [0.05, 0.1) is 5.60 Å². The standard InChI is InChI=1S/C17H16ClN3O4/c18-12-3-1-11(2-4-12)17(25)5-9-21(10-6-17)15(22)13-14(16(23)24)20-8-7-19-13/h1-4,7-8,25H,5-6,9-10H2,(H,23,24). The van der Waals surface area contributed by atoms with E-state index < -0.39 is 17.5 Å². The number of aromatic carboxylic acids is 1. The lowest BCUT2D eigenvalue weighted by Crippen LogP contribution is -2.45. The molecule has 0 unspecified atom stereocenters. The van der Waals surface area contributed by atoms with Crippen LogP contribution in [0, 0.1) is 0 Å². The number of carbonyl (C=O) groups is 2. The maximum Gasteiger partial charge on any atom is 0.356 e. The molecule has 0 spiro atoms. The van der Waals surface area contributed by atoms with Gasteiger partial charge in [0.2, 0.25) is 0 Å². The van der Waals surface area contributed by atoms with Crippen molar-refractivity contribution in [3.05, 3.63) is 58.6 Å². The molecule has 25 heavy (non-hydrogen) atoms. The molecule has 1 aliphatic rings. The maximum absolute atomic E-state index is 12.6. The first-order valence-corrected chi connectivity index (χ1v) is 8.10. The Morgan fingerprint density at radius 3 is 2.16 bits per heavy atom. The van der Waals surface area contributed by atoms with Gasteiger partial charge in [0.15, 0.2) is 11.4 Å². The Bertz CT molecular complexity index is 802. The van der Waals surface area contributed by atoms with E-state index in [1.54, 1.807) is 24.3 Å². The van der Waals surface area contributed by atoms with Gasteiger partial charge in [-0.15, -0.1) is 0 Å². The number of hydrogen-bond acceptors (Lipinski definition) is 5. The first-order chi connectivity index (χ1) is 11.9. The Balaban J connectivity index is 1.75. The number of aliphatic hydroxyl groups is 1. The van der Waals surface area contributed by atoms with Crippen LogP contribution in [0.3, 0.4) is 0 Å². The fourth-order valence-corrected chi connectivity index (χ4v) is 3.06. The third-order valence-corrected chi connectivity index (χ3v) is 4.61. The minimum atomic E-state index is -1.30. The first kappa shape index (κ1) is 17.3. The van der Waals surface area contributed by atoms with Gasteiger partial charge in [-0.3, -0.25) is 4.79 Å². The summed E-state index contributed by atoms with van der Waals surface area (Å²) in [7, 11) is 0. The van der Waals surface area contributed by atoms with E-state index >= 15 is 0 Å². The summed E-state index contributed by atoms with van der Waals surface area (Å²) in [6.07, 6.45) is 3.19. The van der Waals surface area contributed by atoms with E-state index in [1.165, 1.54) is 17.3 Å². The van der Waals surface area contributed by atoms with Crippen LogP contribution < -0.4 is 0 Å². The lowest BCUT2D eigenvalue weighted by atomic mass is 9.84. The Kier molecular flexibility index (Phi) is 4.69. The zero-order valence-corrected chi connectivity index (χ0v) is 14.0. The van der Waals surface area contributed by atoms with Gasteiger partial charge in [0.25, 0.3) is 5.91 Å². The van der Waals surface area contributed by atoms with Gasteiger partial charge >= 0.3 is 5.97 Å². The van der Waals surface area contributed by atoms with Crippen LogP contribution in [-0.4, -0.2) is 50.0 Å². The van der Waals surface area contributed by atoms with Crippen molar-refractivity contribution in [3.63, 3.8) is 0 Å².